The average Bonchev–Trinajstić information content (AvgIpc) is 2.43. The first-order chi connectivity index (χ1) is 9.88. The van der Waals surface area contributed by atoms with Gasteiger partial charge in [0.2, 0.25) is 0 Å². The number of amides is 1. The third-order valence-corrected chi connectivity index (χ3v) is 3.86. The Morgan fingerprint density at radius 2 is 1.81 bits per heavy atom. The lowest BCUT2D eigenvalue weighted by molar-refractivity contribution is 0.0697. The maximum atomic E-state index is 12.2. The van der Waals surface area contributed by atoms with Crippen LogP contribution in [-0.2, 0) is 0 Å². The largest absolute Gasteiger partial charge is 0.478 e. The highest BCUT2D eigenvalue weighted by Gasteiger charge is 2.11. The molecule has 108 valence electrons. The van der Waals surface area contributed by atoms with E-state index in [0.717, 1.165) is 10.0 Å². The molecule has 0 heterocycles. The number of hydrogen-bond acceptors (Lipinski definition) is 3. The molecule has 2 rings (SSSR count). The zero-order valence-electron chi connectivity index (χ0n) is 11.2. The van der Waals surface area contributed by atoms with Crippen LogP contribution in [0.4, 0.5) is 11.4 Å². The fourth-order valence-electron chi connectivity index (χ4n) is 1.79. The van der Waals surface area contributed by atoms with E-state index < -0.39 is 5.97 Å². The predicted octanol–water partition coefficient (Wildman–Crippen LogP) is 3.29. The first-order valence-electron chi connectivity index (χ1n) is 6.09. The Hall–Kier alpha value is -2.34. The number of hydrogen-bond donors (Lipinski definition) is 3. The summed E-state index contributed by atoms with van der Waals surface area (Å²) in [5.41, 5.74) is 7.85. The molecule has 0 bridgehead atoms. The van der Waals surface area contributed by atoms with Gasteiger partial charge in [0.05, 0.1) is 16.9 Å². The number of nitrogens with one attached hydrogen (secondary N) is 1. The quantitative estimate of drug-likeness (QED) is 0.742. The molecule has 0 aliphatic rings. The normalized spacial score (nSPS) is 10.2. The van der Waals surface area contributed by atoms with Gasteiger partial charge in [-0.25, -0.2) is 4.79 Å². The molecular weight excluding hydrogens is 336 g/mol. The molecule has 0 aromatic heterocycles. The number of benzene rings is 2. The second-order valence-electron chi connectivity index (χ2n) is 4.53. The van der Waals surface area contributed by atoms with Crippen molar-refractivity contribution in [1.82, 2.24) is 0 Å². The lowest BCUT2D eigenvalue weighted by atomic mass is 10.1. The molecule has 0 aliphatic carbocycles. The summed E-state index contributed by atoms with van der Waals surface area (Å²) in [4.78, 5) is 23.0. The van der Waals surface area contributed by atoms with Gasteiger partial charge in [0.25, 0.3) is 5.91 Å². The summed E-state index contributed by atoms with van der Waals surface area (Å²) in [6.45, 7) is 1.89. The molecule has 0 aliphatic heterocycles. The Bertz CT molecular complexity index is 729. The molecule has 5 nitrogen and oxygen atoms in total. The van der Waals surface area contributed by atoms with Gasteiger partial charge in [0, 0.05) is 10.0 Å². The van der Waals surface area contributed by atoms with Crippen LogP contribution in [0.5, 0.6) is 0 Å². The number of carboxylic acids is 1. The van der Waals surface area contributed by atoms with Gasteiger partial charge in [0.1, 0.15) is 0 Å². The van der Waals surface area contributed by atoms with Crippen molar-refractivity contribution in [3.8, 4) is 0 Å². The minimum atomic E-state index is -1.07. The van der Waals surface area contributed by atoms with Gasteiger partial charge >= 0.3 is 5.97 Å². The molecule has 4 N–H and O–H groups in total. The number of carboxylic acid groups (broad SMARTS) is 1. The van der Waals surface area contributed by atoms with E-state index in [1.54, 1.807) is 18.2 Å². The minimum Gasteiger partial charge on any atom is -0.478 e. The lowest BCUT2D eigenvalue weighted by Gasteiger charge is -2.09. The number of aromatic carboxylic acids is 1. The number of carbonyl (C=O) groups excluding carboxylic acids is 1. The van der Waals surface area contributed by atoms with Gasteiger partial charge in [-0.3, -0.25) is 4.79 Å². The fraction of sp³-hybridized carbons (Fsp3) is 0.0667. The number of aryl methyl sites for hydroxylation is 1. The van der Waals surface area contributed by atoms with Crippen molar-refractivity contribution in [3.05, 3.63) is 57.6 Å². The summed E-state index contributed by atoms with van der Waals surface area (Å²) in [6.07, 6.45) is 0. The fourth-order valence-corrected chi connectivity index (χ4v) is 2.04. The molecule has 0 saturated carbocycles. The molecule has 1 amide bonds. The molecule has 0 spiro atoms. The summed E-state index contributed by atoms with van der Waals surface area (Å²) in [6, 6.07) is 9.41. The van der Waals surface area contributed by atoms with Crippen molar-refractivity contribution in [2.24, 2.45) is 0 Å². The van der Waals surface area contributed by atoms with E-state index in [2.05, 4.69) is 21.2 Å². The number of halogens is 1. The summed E-state index contributed by atoms with van der Waals surface area (Å²) in [7, 11) is 0. The molecule has 0 radical (unpaired) electrons. The van der Waals surface area contributed by atoms with Crippen molar-refractivity contribution in [2.75, 3.05) is 11.1 Å². The van der Waals surface area contributed by atoms with E-state index in [1.807, 2.05) is 6.92 Å². The van der Waals surface area contributed by atoms with Gasteiger partial charge in [-0.15, -0.1) is 0 Å². The van der Waals surface area contributed by atoms with Crippen molar-refractivity contribution in [1.29, 1.82) is 0 Å². The van der Waals surface area contributed by atoms with Crippen LogP contribution in [0.1, 0.15) is 26.3 Å². The van der Waals surface area contributed by atoms with Crippen molar-refractivity contribution >= 4 is 39.2 Å². The van der Waals surface area contributed by atoms with Crippen LogP contribution in [0.2, 0.25) is 0 Å². The zero-order chi connectivity index (χ0) is 15.6. The Labute approximate surface area is 129 Å². The number of rotatable bonds is 3. The number of anilines is 2. The molecular formula is C15H13BrN2O3. The molecule has 21 heavy (non-hydrogen) atoms. The second-order valence-corrected chi connectivity index (χ2v) is 5.38. The van der Waals surface area contributed by atoms with Gasteiger partial charge in [-0.05, 0) is 48.9 Å². The summed E-state index contributed by atoms with van der Waals surface area (Å²) in [5.74, 6) is -1.37. The molecule has 0 fully saturated rings. The minimum absolute atomic E-state index is 0.0741. The van der Waals surface area contributed by atoms with E-state index in [0.29, 0.717) is 11.3 Å². The van der Waals surface area contributed by atoms with Crippen LogP contribution < -0.4 is 11.1 Å². The molecule has 0 unspecified atom stereocenters. The molecule has 2 aromatic carbocycles. The maximum absolute atomic E-state index is 12.2. The Balaban J connectivity index is 2.23. The van der Waals surface area contributed by atoms with Crippen molar-refractivity contribution in [2.45, 2.75) is 6.92 Å². The predicted molar refractivity (Wildman–Crippen MR) is 84.6 cm³/mol. The molecule has 2 aromatic rings. The maximum Gasteiger partial charge on any atom is 0.335 e. The Morgan fingerprint density at radius 1 is 1.14 bits per heavy atom. The van der Waals surface area contributed by atoms with Crippen LogP contribution in [-0.4, -0.2) is 17.0 Å². The van der Waals surface area contributed by atoms with Gasteiger partial charge in [0.15, 0.2) is 0 Å². The van der Waals surface area contributed by atoms with Crippen LogP contribution in [0.3, 0.4) is 0 Å². The SMILES string of the molecule is Cc1cc(C(=O)Nc2ccc(C(=O)O)cc2N)ccc1Br. The summed E-state index contributed by atoms with van der Waals surface area (Å²) in [5, 5.41) is 11.5. The molecule has 0 saturated heterocycles. The Morgan fingerprint density at radius 3 is 2.38 bits per heavy atom. The highest BCUT2D eigenvalue weighted by atomic mass is 79.9. The van der Waals surface area contributed by atoms with Gasteiger partial charge in [-0.2, -0.15) is 0 Å². The molecule has 0 atom stereocenters. The van der Waals surface area contributed by atoms with E-state index in [9.17, 15) is 9.59 Å². The summed E-state index contributed by atoms with van der Waals surface area (Å²) >= 11 is 3.37. The monoisotopic (exact) mass is 348 g/mol. The van der Waals surface area contributed by atoms with Crippen LogP contribution in [0, 0.1) is 6.92 Å². The smallest absolute Gasteiger partial charge is 0.335 e. The Kier molecular flexibility index (Phi) is 4.28. The average molecular weight is 349 g/mol. The van der Waals surface area contributed by atoms with E-state index in [4.69, 9.17) is 10.8 Å². The van der Waals surface area contributed by atoms with Crippen LogP contribution in [0.25, 0.3) is 0 Å². The first-order valence-corrected chi connectivity index (χ1v) is 6.88. The van der Waals surface area contributed by atoms with Gasteiger partial charge < -0.3 is 16.2 Å². The topological polar surface area (TPSA) is 92.4 Å². The number of nitrogens with two attached hydrogens (primary N) is 1. The van der Waals surface area contributed by atoms with Gasteiger partial charge in [-0.1, -0.05) is 15.9 Å². The number of carbonyl (C=O) groups is 2. The van der Waals surface area contributed by atoms with E-state index in [1.165, 1.54) is 18.2 Å². The highest BCUT2D eigenvalue weighted by molar-refractivity contribution is 9.10. The van der Waals surface area contributed by atoms with E-state index >= 15 is 0 Å². The highest BCUT2D eigenvalue weighted by Crippen LogP contribution is 2.22. The van der Waals surface area contributed by atoms with E-state index in [-0.39, 0.29) is 17.2 Å². The zero-order valence-corrected chi connectivity index (χ0v) is 12.8. The van der Waals surface area contributed by atoms with Crippen LogP contribution in [0.15, 0.2) is 40.9 Å². The third kappa shape index (κ3) is 3.41. The number of nitrogen functional groups attached to an aromatic ring is 1. The van der Waals surface area contributed by atoms with Crippen molar-refractivity contribution < 1.29 is 14.7 Å². The standard InChI is InChI=1S/C15H13BrN2O3/c1-8-6-9(2-4-11(8)16)14(19)18-13-5-3-10(15(20)21)7-12(13)17/h2-7H,17H2,1H3,(H,18,19)(H,20,21). The third-order valence-electron chi connectivity index (χ3n) is 2.97. The second kappa shape index (κ2) is 5.97. The lowest BCUT2D eigenvalue weighted by Crippen LogP contribution is -2.13. The molecule has 6 heteroatoms. The first kappa shape index (κ1) is 15.1. The van der Waals surface area contributed by atoms with Crippen LogP contribution >= 0.6 is 15.9 Å². The van der Waals surface area contributed by atoms with Crippen molar-refractivity contribution in [3.63, 3.8) is 0 Å². The summed E-state index contributed by atoms with van der Waals surface area (Å²) < 4.78 is 0.921.